The van der Waals surface area contributed by atoms with E-state index in [0.717, 1.165) is 25.9 Å². The monoisotopic (exact) mass is 265 g/mol. The highest BCUT2D eigenvalue weighted by Crippen LogP contribution is 2.28. The normalized spacial score (nSPS) is 19.5. The van der Waals surface area contributed by atoms with Crippen molar-refractivity contribution in [2.24, 2.45) is 0 Å². The van der Waals surface area contributed by atoms with Crippen LogP contribution in [0.4, 0.5) is 5.69 Å². The summed E-state index contributed by atoms with van der Waals surface area (Å²) in [5.74, 6) is 0.0851. The summed E-state index contributed by atoms with van der Waals surface area (Å²) in [6.07, 6.45) is 2.82. The van der Waals surface area contributed by atoms with Gasteiger partial charge in [-0.2, -0.15) is 0 Å². The molecular weight excluding hydrogens is 246 g/mol. The maximum atomic E-state index is 11.6. The standard InChI is InChI=1S/C14H19NO4/c1-17-14(16)11-5-2-6-12(13(11)15)19-10-4-3-8-18-9-7-10/h2,5-6,10H,3-4,7-9,15H2,1H3. The van der Waals surface area contributed by atoms with Crippen LogP contribution in [0.2, 0.25) is 0 Å². The van der Waals surface area contributed by atoms with Gasteiger partial charge in [0, 0.05) is 13.0 Å². The summed E-state index contributed by atoms with van der Waals surface area (Å²) in [7, 11) is 1.33. The summed E-state index contributed by atoms with van der Waals surface area (Å²) in [4.78, 5) is 11.6. The van der Waals surface area contributed by atoms with E-state index in [1.54, 1.807) is 18.2 Å². The van der Waals surface area contributed by atoms with E-state index < -0.39 is 5.97 Å². The van der Waals surface area contributed by atoms with Crippen LogP contribution in [0.1, 0.15) is 29.6 Å². The average molecular weight is 265 g/mol. The lowest BCUT2D eigenvalue weighted by atomic mass is 10.1. The number of methoxy groups -OCH3 is 1. The molecule has 5 heteroatoms. The Balaban J connectivity index is 2.13. The number of esters is 1. The van der Waals surface area contributed by atoms with E-state index in [2.05, 4.69) is 4.74 Å². The quantitative estimate of drug-likeness (QED) is 0.668. The smallest absolute Gasteiger partial charge is 0.340 e. The fourth-order valence-corrected chi connectivity index (χ4v) is 2.11. The van der Waals surface area contributed by atoms with Gasteiger partial charge in [0.25, 0.3) is 0 Å². The number of nitrogens with two attached hydrogens (primary N) is 1. The van der Waals surface area contributed by atoms with Gasteiger partial charge in [-0.3, -0.25) is 0 Å². The zero-order chi connectivity index (χ0) is 13.7. The lowest BCUT2D eigenvalue weighted by molar-refractivity contribution is 0.0601. The van der Waals surface area contributed by atoms with Gasteiger partial charge in [-0.05, 0) is 25.0 Å². The Bertz CT molecular complexity index is 439. The molecule has 1 aromatic carbocycles. The molecule has 2 rings (SSSR count). The van der Waals surface area contributed by atoms with Gasteiger partial charge in [0.05, 0.1) is 25.0 Å². The molecule has 0 aliphatic carbocycles. The third-order valence-electron chi connectivity index (χ3n) is 3.16. The zero-order valence-electron chi connectivity index (χ0n) is 11.1. The van der Waals surface area contributed by atoms with E-state index in [1.165, 1.54) is 7.11 Å². The number of hydrogen-bond acceptors (Lipinski definition) is 5. The molecular formula is C14H19NO4. The molecule has 1 saturated heterocycles. The highest BCUT2D eigenvalue weighted by molar-refractivity contribution is 5.96. The van der Waals surface area contributed by atoms with Crippen molar-refractivity contribution in [1.82, 2.24) is 0 Å². The Kier molecular flexibility index (Phi) is 4.63. The van der Waals surface area contributed by atoms with Gasteiger partial charge < -0.3 is 19.9 Å². The Hall–Kier alpha value is -1.75. The summed E-state index contributed by atoms with van der Waals surface area (Å²) in [6, 6.07) is 5.14. The number of rotatable bonds is 3. The molecule has 0 radical (unpaired) electrons. The van der Waals surface area contributed by atoms with E-state index >= 15 is 0 Å². The molecule has 1 aromatic rings. The van der Waals surface area contributed by atoms with Crippen molar-refractivity contribution in [2.75, 3.05) is 26.1 Å². The predicted octanol–water partition coefficient (Wildman–Crippen LogP) is 2.00. The molecule has 1 heterocycles. The number of para-hydroxylation sites is 1. The maximum absolute atomic E-state index is 11.6. The van der Waals surface area contributed by atoms with Crippen molar-refractivity contribution in [2.45, 2.75) is 25.4 Å². The predicted molar refractivity (Wildman–Crippen MR) is 71.3 cm³/mol. The van der Waals surface area contributed by atoms with Crippen LogP contribution in [0.25, 0.3) is 0 Å². The first-order chi connectivity index (χ1) is 9.22. The molecule has 104 valence electrons. The van der Waals surface area contributed by atoms with Crippen molar-refractivity contribution in [3.05, 3.63) is 23.8 Å². The highest BCUT2D eigenvalue weighted by Gasteiger charge is 2.18. The SMILES string of the molecule is COC(=O)c1cccc(OC2CCCOCC2)c1N. The number of ether oxygens (including phenoxy) is 3. The first-order valence-corrected chi connectivity index (χ1v) is 6.43. The van der Waals surface area contributed by atoms with E-state index in [0.29, 0.717) is 23.6 Å². The lowest BCUT2D eigenvalue weighted by Gasteiger charge is -2.18. The van der Waals surface area contributed by atoms with Gasteiger partial charge in [0.15, 0.2) is 0 Å². The molecule has 1 aliphatic heterocycles. The Labute approximate surface area is 112 Å². The molecule has 1 aliphatic rings. The van der Waals surface area contributed by atoms with Crippen LogP contribution < -0.4 is 10.5 Å². The van der Waals surface area contributed by atoms with Crippen LogP contribution in [0, 0.1) is 0 Å². The molecule has 19 heavy (non-hydrogen) atoms. The fraction of sp³-hybridized carbons (Fsp3) is 0.500. The van der Waals surface area contributed by atoms with Crippen LogP contribution in [-0.4, -0.2) is 32.4 Å². The van der Waals surface area contributed by atoms with Gasteiger partial charge >= 0.3 is 5.97 Å². The van der Waals surface area contributed by atoms with Gasteiger partial charge in [0.1, 0.15) is 11.9 Å². The van der Waals surface area contributed by atoms with Crippen molar-refractivity contribution in [1.29, 1.82) is 0 Å². The molecule has 1 unspecified atom stereocenters. The summed E-state index contributed by atoms with van der Waals surface area (Å²) >= 11 is 0. The summed E-state index contributed by atoms with van der Waals surface area (Å²) in [5, 5.41) is 0. The van der Waals surface area contributed by atoms with Crippen LogP contribution in [0.5, 0.6) is 5.75 Å². The molecule has 1 atom stereocenters. The van der Waals surface area contributed by atoms with E-state index in [1.807, 2.05) is 0 Å². The molecule has 5 nitrogen and oxygen atoms in total. The number of carbonyl (C=O) groups excluding carboxylic acids is 1. The first-order valence-electron chi connectivity index (χ1n) is 6.43. The summed E-state index contributed by atoms with van der Waals surface area (Å²) in [6.45, 7) is 1.47. The maximum Gasteiger partial charge on any atom is 0.340 e. The zero-order valence-corrected chi connectivity index (χ0v) is 11.1. The Morgan fingerprint density at radius 1 is 1.37 bits per heavy atom. The van der Waals surface area contributed by atoms with E-state index in [4.69, 9.17) is 15.2 Å². The van der Waals surface area contributed by atoms with Crippen LogP contribution >= 0.6 is 0 Å². The number of nitrogen functional groups attached to an aromatic ring is 1. The first kappa shape index (κ1) is 13.7. The number of benzene rings is 1. The minimum Gasteiger partial charge on any atom is -0.488 e. The van der Waals surface area contributed by atoms with Crippen molar-refractivity contribution in [3.8, 4) is 5.75 Å². The topological polar surface area (TPSA) is 70.8 Å². The molecule has 0 spiro atoms. The van der Waals surface area contributed by atoms with Gasteiger partial charge in [-0.15, -0.1) is 0 Å². The van der Waals surface area contributed by atoms with Crippen molar-refractivity contribution in [3.63, 3.8) is 0 Å². The largest absolute Gasteiger partial charge is 0.488 e. The third-order valence-corrected chi connectivity index (χ3v) is 3.16. The Morgan fingerprint density at radius 3 is 3.00 bits per heavy atom. The van der Waals surface area contributed by atoms with Gasteiger partial charge in [-0.25, -0.2) is 4.79 Å². The van der Waals surface area contributed by atoms with E-state index in [9.17, 15) is 4.79 Å². The second-order valence-electron chi connectivity index (χ2n) is 4.49. The second kappa shape index (κ2) is 6.43. The summed E-state index contributed by atoms with van der Waals surface area (Å²) in [5.41, 5.74) is 6.63. The van der Waals surface area contributed by atoms with Crippen LogP contribution in [-0.2, 0) is 9.47 Å². The molecule has 1 fully saturated rings. The third kappa shape index (κ3) is 3.38. The average Bonchev–Trinajstić information content (AvgIpc) is 2.69. The molecule has 0 aromatic heterocycles. The van der Waals surface area contributed by atoms with Gasteiger partial charge in [-0.1, -0.05) is 6.07 Å². The number of carbonyl (C=O) groups is 1. The summed E-state index contributed by atoms with van der Waals surface area (Å²) < 4.78 is 16.0. The van der Waals surface area contributed by atoms with E-state index in [-0.39, 0.29) is 6.10 Å². The molecule has 0 bridgehead atoms. The second-order valence-corrected chi connectivity index (χ2v) is 4.49. The van der Waals surface area contributed by atoms with Crippen molar-refractivity contribution >= 4 is 11.7 Å². The molecule has 0 amide bonds. The Morgan fingerprint density at radius 2 is 2.21 bits per heavy atom. The van der Waals surface area contributed by atoms with Crippen LogP contribution in [0.3, 0.4) is 0 Å². The van der Waals surface area contributed by atoms with Crippen LogP contribution in [0.15, 0.2) is 18.2 Å². The minimum atomic E-state index is -0.452. The highest BCUT2D eigenvalue weighted by atomic mass is 16.5. The molecule has 0 saturated carbocycles. The number of anilines is 1. The molecule has 2 N–H and O–H groups in total. The minimum absolute atomic E-state index is 0.0812. The number of hydrogen-bond donors (Lipinski definition) is 1. The fourth-order valence-electron chi connectivity index (χ4n) is 2.11. The van der Waals surface area contributed by atoms with Crippen molar-refractivity contribution < 1.29 is 19.0 Å². The lowest BCUT2D eigenvalue weighted by Crippen LogP contribution is -2.18. The van der Waals surface area contributed by atoms with Gasteiger partial charge in [0.2, 0.25) is 0 Å².